The molecule has 1 aromatic carbocycles. The van der Waals surface area contributed by atoms with E-state index in [4.69, 9.17) is 0 Å². The van der Waals surface area contributed by atoms with Crippen LogP contribution in [0.3, 0.4) is 0 Å². The van der Waals surface area contributed by atoms with Crippen LogP contribution in [0.25, 0.3) is 0 Å². The van der Waals surface area contributed by atoms with Crippen molar-refractivity contribution in [1.29, 1.82) is 0 Å². The molecule has 0 amide bonds. The van der Waals surface area contributed by atoms with Gasteiger partial charge in [-0.25, -0.2) is 0 Å². The first-order valence-corrected chi connectivity index (χ1v) is 7.14. The number of nitrogens with one attached hydrogen (secondary N) is 1. The summed E-state index contributed by atoms with van der Waals surface area (Å²) in [6.45, 7) is 14.6. The summed E-state index contributed by atoms with van der Waals surface area (Å²) in [5.41, 5.74) is 4.72. The van der Waals surface area contributed by atoms with Gasteiger partial charge < -0.3 is 5.32 Å². The monoisotopic (exact) mass is 247 g/mol. The van der Waals surface area contributed by atoms with Gasteiger partial charge in [-0.1, -0.05) is 45.9 Å². The molecule has 0 heterocycles. The van der Waals surface area contributed by atoms with Crippen LogP contribution >= 0.6 is 0 Å². The van der Waals surface area contributed by atoms with Crippen LogP contribution in [0.4, 0.5) is 0 Å². The van der Waals surface area contributed by atoms with Crippen LogP contribution in [0.1, 0.15) is 63.3 Å². The third kappa shape index (κ3) is 4.45. The predicted octanol–water partition coefficient (Wildman–Crippen LogP) is 4.78. The molecule has 102 valence electrons. The average molecular weight is 247 g/mol. The summed E-state index contributed by atoms with van der Waals surface area (Å²) < 4.78 is 0. The fourth-order valence-electron chi connectivity index (χ4n) is 2.34. The summed E-state index contributed by atoms with van der Waals surface area (Å²) >= 11 is 0. The van der Waals surface area contributed by atoms with Gasteiger partial charge in [0.1, 0.15) is 0 Å². The smallest absolute Gasteiger partial charge is 0.0323 e. The van der Waals surface area contributed by atoms with E-state index in [0.29, 0.717) is 11.5 Å². The van der Waals surface area contributed by atoms with Crippen LogP contribution in [-0.2, 0) is 0 Å². The summed E-state index contributed by atoms with van der Waals surface area (Å²) in [7, 11) is 0. The molecule has 1 unspecified atom stereocenters. The molecule has 0 aromatic heterocycles. The Kier molecular flexibility index (Phi) is 5.40. The molecule has 1 rings (SSSR count). The van der Waals surface area contributed by atoms with Crippen molar-refractivity contribution in [3.63, 3.8) is 0 Å². The van der Waals surface area contributed by atoms with E-state index < -0.39 is 0 Å². The number of hydrogen-bond acceptors (Lipinski definition) is 1. The maximum Gasteiger partial charge on any atom is 0.0323 e. The number of benzene rings is 1. The molecule has 1 nitrogen and oxygen atoms in total. The summed E-state index contributed by atoms with van der Waals surface area (Å²) in [6, 6.07) is 7.15. The molecule has 0 saturated heterocycles. The zero-order chi connectivity index (χ0) is 13.8. The van der Waals surface area contributed by atoms with E-state index in [2.05, 4.69) is 65.1 Å². The minimum Gasteiger partial charge on any atom is -0.310 e. The highest BCUT2D eigenvalue weighted by atomic mass is 14.9. The lowest BCUT2D eigenvalue weighted by Gasteiger charge is -2.25. The molecule has 0 radical (unpaired) electrons. The zero-order valence-corrected chi connectivity index (χ0v) is 12.9. The van der Waals surface area contributed by atoms with Gasteiger partial charge in [-0.2, -0.15) is 0 Å². The Morgan fingerprint density at radius 3 is 2.39 bits per heavy atom. The van der Waals surface area contributed by atoms with Crippen LogP contribution in [0.5, 0.6) is 0 Å². The van der Waals surface area contributed by atoms with Crippen LogP contribution in [-0.4, -0.2) is 6.54 Å². The molecule has 1 aromatic rings. The highest BCUT2D eigenvalue weighted by molar-refractivity contribution is 5.35. The Labute approximate surface area is 113 Å². The van der Waals surface area contributed by atoms with E-state index >= 15 is 0 Å². The standard InChI is InChI=1S/C17H29N/c1-7-18-16(11-12-17(4,5)6)15-10-8-9-13(2)14(15)3/h8-10,16,18H,7,11-12H2,1-6H3. The van der Waals surface area contributed by atoms with E-state index in [1.54, 1.807) is 0 Å². The molecule has 0 saturated carbocycles. The number of aryl methyl sites for hydroxylation is 1. The SMILES string of the molecule is CCNC(CCC(C)(C)C)c1cccc(C)c1C. The van der Waals surface area contributed by atoms with Gasteiger partial charge in [-0.15, -0.1) is 0 Å². The lowest BCUT2D eigenvalue weighted by atomic mass is 9.86. The minimum absolute atomic E-state index is 0.408. The van der Waals surface area contributed by atoms with Gasteiger partial charge in [-0.3, -0.25) is 0 Å². The summed E-state index contributed by atoms with van der Waals surface area (Å²) in [5.74, 6) is 0. The second-order valence-electron chi connectivity index (χ2n) is 6.50. The highest BCUT2D eigenvalue weighted by Gasteiger charge is 2.17. The fourth-order valence-corrected chi connectivity index (χ4v) is 2.34. The normalized spacial score (nSPS) is 13.7. The minimum atomic E-state index is 0.408. The van der Waals surface area contributed by atoms with Crippen LogP contribution in [0.15, 0.2) is 18.2 Å². The highest BCUT2D eigenvalue weighted by Crippen LogP contribution is 2.29. The van der Waals surface area contributed by atoms with Crippen molar-refractivity contribution in [2.24, 2.45) is 5.41 Å². The number of hydrogen-bond donors (Lipinski definition) is 1. The van der Waals surface area contributed by atoms with Crippen molar-refractivity contribution < 1.29 is 0 Å². The molecule has 0 bridgehead atoms. The first-order chi connectivity index (χ1) is 8.35. The molecule has 1 N–H and O–H groups in total. The Morgan fingerprint density at radius 1 is 1.17 bits per heavy atom. The van der Waals surface area contributed by atoms with Gasteiger partial charge in [-0.05, 0) is 55.3 Å². The number of rotatable bonds is 5. The van der Waals surface area contributed by atoms with Crippen molar-refractivity contribution in [2.75, 3.05) is 6.54 Å². The Bertz CT molecular complexity index is 374. The molecule has 0 fully saturated rings. The van der Waals surface area contributed by atoms with Gasteiger partial charge in [0, 0.05) is 6.04 Å². The molecule has 1 atom stereocenters. The molecule has 0 aliphatic heterocycles. The maximum atomic E-state index is 3.64. The third-order valence-corrected chi connectivity index (χ3v) is 3.66. The second-order valence-corrected chi connectivity index (χ2v) is 6.50. The van der Waals surface area contributed by atoms with E-state index in [1.807, 2.05) is 0 Å². The van der Waals surface area contributed by atoms with Crippen molar-refractivity contribution in [3.8, 4) is 0 Å². The van der Waals surface area contributed by atoms with Crippen molar-refractivity contribution in [1.82, 2.24) is 5.32 Å². The van der Waals surface area contributed by atoms with Crippen molar-refractivity contribution in [2.45, 2.75) is 60.4 Å². The van der Waals surface area contributed by atoms with Crippen LogP contribution in [0.2, 0.25) is 0 Å². The first kappa shape index (κ1) is 15.2. The molecular weight excluding hydrogens is 218 g/mol. The summed E-state index contributed by atoms with van der Waals surface area (Å²) in [4.78, 5) is 0. The Hall–Kier alpha value is -0.820. The zero-order valence-electron chi connectivity index (χ0n) is 12.9. The Balaban J connectivity index is 2.87. The molecular formula is C17H29N. The largest absolute Gasteiger partial charge is 0.310 e. The Morgan fingerprint density at radius 2 is 1.83 bits per heavy atom. The van der Waals surface area contributed by atoms with Gasteiger partial charge >= 0.3 is 0 Å². The third-order valence-electron chi connectivity index (χ3n) is 3.66. The topological polar surface area (TPSA) is 12.0 Å². The lowest BCUT2D eigenvalue weighted by molar-refractivity contribution is 0.333. The van der Waals surface area contributed by atoms with Crippen LogP contribution in [0, 0.1) is 19.3 Å². The van der Waals surface area contributed by atoms with Crippen LogP contribution < -0.4 is 5.32 Å². The average Bonchev–Trinajstić information content (AvgIpc) is 2.27. The maximum absolute atomic E-state index is 3.64. The molecule has 0 aliphatic rings. The van der Waals surface area contributed by atoms with Gasteiger partial charge in [0.15, 0.2) is 0 Å². The molecule has 18 heavy (non-hydrogen) atoms. The van der Waals surface area contributed by atoms with E-state index in [9.17, 15) is 0 Å². The molecule has 0 spiro atoms. The van der Waals surface area contributed by atoms with Crippen molar-refractivity contribution >= 4 is 0 Å². The van der Waals surface area contributed by atoms with E-state index in [-0.39, 0.29) is 0 Å². The van der Waals surface area contributed by atoms with Gasteiger partial charge in [0.05, 0.1) is 0 Å². The molecule has 1 heteroatoms. The second kappa shape index (κ2) is 6.38. The first-order valence-electron chi connectivity index (χ1n) is 7.14. The summed E-state index contributed by atoms with van der Waals surface area (Å²) in [6.07, 6.45) is 2.46. The van der Waals surface area contributed by atoms with Gasteiger partial charge in [0.25, 0.3) is 0 Å². The summed E-state index contributed by atoms with van der Waals surface area (Å²) in [5, 5.41) is 3.64. The molecule has 0 aliphatic carbocycles. The lowest BCUT2D eigenvalue weighted by Crippen LogP contribution is -2.23. The fraction of sp³-hybridized carbons (Fsp3) is 0.647. The quantitative estimate of drug-likeness (QED) is 0.789. The van der Waals surface area contributed by atoms with E-state index in [1.165, 1.54) is 29.5 Å². The van der Waals surface area contributed by atoms with Crippen molar-refractivity contribution in [3.05, 3.63) is 34.9 Å². The van der Waals surface area contributed by atoms with Gasteiger partial charge in [0.2, 0.25) is 0 Å². The van der Waals surface area contributed by atoms with E-state index in [0.717, 1.165) is 6.54 Å². The predicted molar refractivity (Wildman–Crippen MR) is 81.0 cm³/mol.